The van der Waals surface area contributed by atoms with E-state index in [0.29, 0.717) is 17.5 Å². The molecule has 65 heavy (non-hydrogen) atoms. The van der Waals surface area contributed by atoms with Crippen molar-refractivity contribution in [3.05, 3.63) is 259 Å². The lowest BCUT2D eigenvalue weighted by atomic mass is 9.70. The summed E-state index contributed by atoms with van der Waals surface area (Å²) in [4.78, 5) is 15.8. The zero-order valence-corrected chi connectivity index (χ0v) is 35.4. The molecule has 0 radical (unpaired) electrons. The fourth-order valence-electron chi connectivity index (χ4n) is 10.7. The van der Waals surface area contributed by atoms with E-state index < -0.39 is 5.41 Å². The predicted octanol–water partition coefficient (Wildman–Crippen LogP) is 15.4. The lowest BCUT2D eigenvalue weighted by Gasteiger charge is -2.30. The van der Waals surface area contributed by atoms with Crippen molar-refractivity contribution in [2.24, 2.45) is 0 Å². The zero-order chi connectivity index (χ0) is 42.9. The van der Waals surface area contributed by atoms with Crippen LogP contribution in [0.3, 0.4) is 0 Å². The van der Waals surface area contributed by atoms with Crippen LogP contribution >= 0.6 is 0 Å². The van der Waals surface area contributed by atoms with Crippen molar-refractivity contribution in [2.45, 2.75) is 5.41 Å². The third-order valence-corrected chi connectivity index (χ3v) is 13.5. The van der Waals surface area contributed by atoms with E-state index in [9.17, 15) is 0 Å². The highest BCUT2D eigenvalue weighted by Gasteiger charge is 2.52. The Kier molecular flexibility index (Phi) is 8.44. The maximum atomic E-state index is 5.29. The predicted molar refractivity (Wildman–Crippen MR) is 266 cm³/mol. The van der Waals surface area contributed by atoms with Gasteiger partial charge in [-0.15, -0.1) is 0 Å². The van der Waals surface area contributed by atoms with Crippen LogP contribution in [0.15, 0.2) is 237 Å². The summed E-state index contributed by atoms with van der Waals surface area (Å²) in [6.07, 6.45) is 0. The third kappa shape index (κ3) is 5.79. The zero-order valence-electron chi connectivity index (χ0n) is 35.4. The second-order valence-corrected chi connectivity index (χ2v) is 17.1. The van der Waals surface area contributed by atoms with Crippen LogP contribution in [0.5, 0.6) is 0 Å². The molecule has 13 rings (SSSR count). The van der Waals surface area contributed by atoms with Crippen molar-refractivity contribution in [3.63, 3.8) is 0 Å². The quantitative estimate of drug-likeness (QED) is 0.168. The van der Waals surface area contributed by atoms with Crippen LogP contribution in [0, 0.1) is 0 Å². The Morgan fingerprint density at radius 2 is 0.692 bits per heavy atom. The number of benzene rings is 10. The first-order chi connectivity index (χ1) is 32.2. The van der Waals surface area contributed by atoms with Crippen LogP contribution in [0.1, 0.15) is 22.3 Å². The van der Waals surface area contributed by atoms with Gasteiger partial charge >= 0.3 is 0 Å². The van der Waals surface area contributed by atoms with Gasteiger partial charge in [0.2, 0.25) is 0 Å². The molecule has 0 atom stereocenters. The van der Waals surface area contributed by atoms with Gasteiger partial charge < -0.3 is 0 Å². The van der Waals surface area contributed by atoms with Gasteiger partial charge in [0.15, 0.2) is 17.5 Å². The van der Waals surface area contributed by atoms with Crippen LogP contribution in [0.4, 0.5) is 0 Å². The number of aromatic nitrogens is 3. The fraction of sp³-hybridized carbons (Fsp3) is 0.0161. The van der Waals surface area contributed by atoms with Crippen LogP contribution in [-0.4, -0.2) is 15.0 Å². The molecule has 302 valence electrons. The molecule has 0 bridgehead atoms. The van der Waals surface area contributed by atoms with Crippen molar-refractivity contribution in [1.82, 2.24) is 15.0 Å². The first-order valence-corrected chi connectivity index (χ1v) is 22.3. The molecule has 2 aliphatic carbocycles. The summed E-state index contributed by atoms with van der Waals surface area (Å²) in [5.41, 5.74) is 19.7. The van der Waals surface area contributed by atoms with E-state index in [1.807, 2.05) is 6.07 Å². The van der Waals surface area contributed by atoms with E-state index in [0.717, 1.165) is 49.9 Å². The monoisotopic (exact) mass is 825 g/mol. The normalized spacial score (nSPS) is 12.7. The van der Waals surface area contributed by atoms with Gasteiger partial charge in [0.05, 0.1) is 5.41 Å². The largest absolute Gasteiger partial charge is 0.208 e. The van der Waals surface area contributed by atoms with Gasteiger partial charge in [-0.1, -0.05) is 218 Å². The molecule has 0 amide bonds. The summed E-state index contributed by atoms with van der Waals surface area (Å²) >= 11 is 0. The molecule has 11 aromatic rings. The first-order valence-electron chi connectivity index (χ1n) is 22.3. The fourth-order valence-corrected chi connectivity index (χ4v) is 10.7. The second kappa shape index (κ2) is 14.8. The highest BCUT2D eigenvalue weighted by atomic mass is 15.0. The minimum atomic E-state index is -0.430. The molecule has 1 spiro atoms. The van der Waals surface area contributed by atoms with Crippen LogP contribution < -0.4 is 0 Å². The van der Waals surface area contributed by atoms with E-state index in [4.69, 9.17) is 15.0 Å². The summed E-state index contributed by atoms with van der Waals surface area (Å²) in [6, 6.07) is 85.3. The standard InChI is InChI=1S/C62H39N3/c1-3-17-40(18-4-1)44-23-15-24-45(37-44)59-63-60(46-34-33-41-19-7-8-22-43(41)38-46)65-61(64-59)47-35-36-48(53(39-47)42-20-5-2-6-21-42)51-28-16-32-57-58(51)52-27-11-14-31-56(52)62(57)54-29-12-9-25-49(54)50-26-10-13-30-55(50)62/h1-39H. The van der Waals surface area contributed by atoms with E-state index in [1.165, 1.54) is 55.5 Å². The summed E-state index contributed by atoms with van der Waals surface area (Å²) in [5, 5.41) is 2.31. The average Bonchev–Trinajstić information content (AvgIpc) is 3.86. The van der Waals surface area contributed by atoms with Gasteiger partial charge in [-0.2, -0.15) is 0 Å². The molecule has 2 aliphatic rings. The van der Waals surface area contributed by atoms with Crippen molar-refractivity contribution in [1.29, 1.82) is 0 Å². The summed E-state index contributed by atoms with van der Waals surface area (Å²) in [7, 11) is 0. The molecule has 0 N–H and O–H groups in total. The van der Waals surface area contributed by atoms with E-state index in [-0.39, 0.29) is 0 Å². The lowest BCUT2D eigenvalue weighted by Crippen LogP contribution is -2.25. The first kappa shape index (κ1) is 37.1. The Balaban J connectivity index is 1.03. The second-order valence-electron chi connectivity index (χ2n) is 17.1. The third-order valence-electron chi connectivity index (χ3n) is 13.5. The number of fused-ring (bicyclic) bond motifs is 11. The molecule has 0 saturated carbocycles. The summed E-state index contributed by atoms with van der Waals surface area (Å²) in [5.74, 6) is 1.88. The smallest absolute Gasteiger partial charge is 0.164 e. The highest BCUT2D eigenvalue weighted by Crippen LogP contribution is 2.64. The van der Waals surface area contributed by atoms with E-state index in [2.05, 4.69) is 231 Å². The van der Waals surface area contributed by atoms with Crippen LogP contribution in [0.25, 0.3) is 101 Å². The Hall–Kier alpha value is -8.53. The topological polar surface area (TPSA) is 38.7 Å². The van der Waals surface area contributed by atoms with Gasteiger partial charge in [0.1, 0.15) is 0 Å². The Bertz CT molecular complexity index is 3620. The number of nitrogens with zero attached hydrogens (tertiary/aromatic N) is 3. The van der Waals surface area contributed by atoms with Crippen LogP contribution in [-0.2, 0) is 5.41 Å². The number of rotatable bonds is 6. The van der Waals surface area contributed by atoms with Gasteiger partial charge in [-0.25, -0.2) is 15.0 Å². The molecule has 0 unspecified atom stereocenters. The maximum Gasteiger partial charge on any atom is 0.164 e. The minimum absolute atomic E-state index is 0.430. The molecule has 3 nitrogen and oxygen atoms in total. The maximum absolute atomic E-state index is 5.29. The molecular formula is C62H39N3. The molecule has 0 saturated heterocycles. The minimum Gasteiger partial charge on any atom is -0.208 e. The van der Waals surface area contributed by atoms with Gasteiger partial charge in [0, 0.05) is 16.7 Å². The molecule has 3 heteroatoms. The van der Waals surface area contributed by atoms with E-state index >= 15 is 0 Å². The molecule has 10 aromatic carbocycles. The van der Waals surface area contributed by atoms with Crippen molar-refractivity contribution < 1.29 is 0 Å². The van der Waals surface area contributed by atoms with Crippen molar-refractivity contribution in [3.8, 4) is 89.8 Å². The molecule has 1 heterocycles. The number of hydrogen-bond acceptors (Lipinski definition) is 3. The van der Waals surface area contributed by atoms with Crippen molar-refractivity contribution in [2.75, 3.05) is 0 Å². The van der Waals surface area contributed by atoms with Gasteiger partial charge in [-0.05, 0) is 107 Å². The average molecular weight is 826 g/mol. The lowest BCUT2D eigenvalue weighted by molar-refractivity contribution is 0.794. The van der Waals surface area contributed by atoms with Crippen LogP contribution in [0.2, 0.25) is 0 Å². The van der Waals surface area contributed by atoms with E-state index in [1.54, 1.807) is 0 Å². The molecule has 0 fully saturated rings. The Labute approximate surface area is 378 Å². The summed E-state index contributed by atoms with van der Waals surface area (Å²) < 4.78 is 0. The molecule has 1 aromatic heterocycles. The summed E-state index contributed by atoms with van der Waals surface area (Å²) in [6.45, 7) is 0. The molecular weight excluding hydrogens is 787 g/mol. The van der Waals surface area contributed by atoms with Gasteiger partial charge in [0.25, 0.3) is 0 Å². The highest BCUT2D eigenvalue weighted by molar-refractivity contribution is 6.02. The Morgan fingerprint density at radius 3 is 1.38 bits per heavy atom. The number of hydrogen-bond donors (Lipinski definition) is 0. The van der Waals surface area contributed by atoms with Gasteiger partial charge in [-0.3, -0.25) is 0 Å². The molecule has 0 aliphatic heterocycles. The van der Waals surface area contributed by atoms with Crippen molar-refractivity contribution >= 4 is 10.8 Å². The Morgan fingerprint density at radius 1 is 0.231 bits per heavy atom. The SMILES string of the molecule is c1ccc(-c2cccc(-c3nc(-c4ccc(-c5cccc6c5-c5ccccc5C65c6ccccc6-c6ccccc65)c(-c5ccccc5)c4)nc(-c4ccc5ccccc5c4)n3)c2)cc1.